The number of rotatable bonds is 5. The second-order valence-corrected chi connectivity index (χ2v) is 6.49. The van der Waals surface area contributed by atoms with E-state index in [4.69, 9.17) is 5.73 Å². The highest BCUT2D eigenvalue weighted by molar-refractivity contribution is 5.30. The molecule has 0 bridgehead atoms. The van der Waals surface area contributed by atoms with Gasteiger partial charge in [-0.3, -0.25) is 4.90 Å². The molecule has 2 heteroatoms. The molecule has 2 unspecified atom stereocenters. The number of piperidine rings is 1. The topological polar surface area (TPSA) is 29.3 Å². The average Bonchev–Trinajstić information content (AvgIpc) is 3.34. The molecule has 3 rings (SSSR count). The molecule has 1 aromatic carbocycles. The summed E-state index contributed by atoms with van der Waals surface area (Å²) >= 11 is 0. The van der Waals surface area contributed by atoms with Gasteiger partial charge in [0.15, 0.2) is 0 Å². The van der Waals surface area contributed by atoms with Gasteiger partial charge in [0.25, 0.3) is 0 Å². The minimum atomic E-state index is 0.411. The van der Waals surface area contributed by atoms with Gasteiger partial charge in [-0.15, -0.1) is 0 Å². The van der Waals surface area contributed by atoms with Crippen LogP contribution in [0.5, 0.6) is 0 Å². The first-order valence-electron chi connectivity index (χ1n) is 8.39. The van der Waals surface area contributed by atoms with Crippen molar-refractivity contribution >= 4 is 0 Å². The zero-order valence-corrected chi connectivity index (χ0v) is 12.7. The smallest absolute Gasteiger partial charge is 0.0473 e. The van der Waals surface area contributed by atoms with E-state index in [1.54, 1.807) is 0 Å². The Hall–Kier alpha value is -0.860. The van der Waals surface area contributed by atoms with Crippen LogP contribution in [0.15, 0.2) is 24.3 Å². The second kappa shape index (κ2) is 6.28. The van der Waals surface area contributed by atoms with E-state index in [0.717, 1.165) is 18.5 Å². The van der Waals surface area contributed by atoms with Crippen molar-refractivity contribution in [2.45, 2.75) is 63.5 Å². The summed E-state index contributed by atoms with van der Waals surface area (Å²) in [6, 6.07) is 10.5. The zero-order valence-electron chi connectivity index (χ0n) is 12.7. The number of hydrogen-bond acceptors (Lipinski definition) is 2. The van der Waals surface area contributed by atoms with Crippen molar-refractivity contribution in [2.75, 3.05) is 13.1 Å². The Morgan fingerprint density at radius 1 is 1.15 bits per heavy atom. The summed E-state index contributed by atoms with van der Waals surface area (Å²) < 4.78 is 0. The summed E-state index contributed by atoms with van der Waals surface area (Å²) in [5, 5.41) is 0. The molecule has 0 spiro atoms. The highest BCUT2D eigenvalue weighted by Crippen LogP contribution is 2.40. The van der Waals surface area contributed by atoms with Crippen LogP contribution in [0, 0.1) is 0 Å². The lowest BCUT2D eigenvalue weighted by molar-refractivity contribution is 0.0949. The van der Waals surface area contributed by atoms with Crippen LogP contribution < -0.4 is 5.73 Å². The van der Waals surface area contributed by atoms with Crippen molar-refractivity contribution in [1.82, 2.24) is 4.90 Å². The van der Waals surface area contributed by atoms with Crippen molar-refractivity contribution in [3.8, 4) is 0 Å². The number of nitrogens with zero attached hydrogens (tertiary/aromatic N) is 1. The van der Waals surface area contributed by atoms with Gasteiger partial charge < -0.3 is 5.73 Å². The minimum Gasteiger partial charge on any atom is -0.329 e. The van der Waals surface area contributed by atoms with Gasteiger partial charge in [-0.2, -0.15) is 0 Å². The van der Waals surface area contributed by atoms with E-state index in [-0.39, 0.29) is 0 Å². The van der Waals surface area contributed by atoms with Gasteiger partial charge in [-0.25, -0.2) is 0 Å². The first-order valence-corrected chi connectivity index (χ1v) is 8.39. The summed E-state index contributed by atoms with van der Waals surface area (Å²) in [6.07, 6.45) is 8.05. The summed E-state index contributed by atoms with van der Waals surface area (Å²) in [5.74, 6) is 0.846. The summed E-state index contributed by atoms with van der Waals surface area (Å²) in [6.45, 7) is 4.26. The fraction of sp³-hybridized carbons (Fsp3) is 0.667. The van der Waals surface area contributed by atoms with Crippen molar-refractivity contribution in [1.29, 1.82) is 0 Å². The molecule has 2 nitrogen and oxygen atoms in total. The molecule has 2 N–H and O–H groups in total. The predicted molar refractivity (Wildman–Crippen MR) is 84.8 cm³/mol. The van der Waals surface area contributed by atoms with Crippen LogP contribution in [-0.2, 0) is 0 Å². The maximum atomic E-state index is 6.12. The Balaban J connectivity index is 1.76. The molecule has 1 heterocycles. The monoisotopic (exact) mass is 272 g/mol. The van der Waals surface area contributed by atoms with Gasteiger partial charge in [-0.1, -0.05) is 37.6 Å². The van der Waals surface area contributed by atoms with E-state index in [0.29, 0.717) is 6.04 Å². The Kier molecular flexibility index (Phi) is 4.42. The van der Waals surface area contributed by atoms with Crippen LogP contribution in [0.2, 0.25) is 0 Å². The van der Waals surface area contributed by atoms with Crippen LogP contribution in [0.25, 0.3) is 0 Å². The predicted octanol–water partition coefficient (Wildman–Crippen LogP) is 3.83. The van der Waals surface area contributed by atoms with Crippen molar-refractivity contribution in [3.63, 3.8) is 0 Å². The second-order valence-electron chi connectivity index (χ2n) is 6.49. The van der Waals surface area contributed by atoms with Gasteiger partial charge in [0, 0.05) is 18.6 Å². The van der Waals surface area contributed by atoms with Crippen molar-refractivity contribution < 1.29 is 0 Å². The molecule has 2 aliphatic rings. The SMILES string of the molecule is CCC1CCCCN1C(CN)c1ccc(C2CC2)cc1. The lowest BCUT2D eigenvalue weighted by atomic mass is 9.94. The largest absolute Gasteiger partial charge is 0.329 e. The third kappa shape index (κ3) is 2.91. The Bertz CT molecular complexity index is 422. The first-order chi connectivity index (χ1) is 9.83. The lowest BCUT2D eigenvalue weighted by Gasteiger charge is -2.41. The molecule has 1 aliphatic heterocycles. The highest BCUT2D eigenvalue weighted by Gasteiger charge is 2.28. The average molecular weight is 272 g/mol. The van der Waals surface area contributed by atoms with Gasteiger partial charge in [0.05, 0.1) is 0 Å². The third-order valence-electron chi connectivity index (χ3n) is 5.14. The molecule has 110 valence electrons. The van der Waals surface area contributed by atoms with E-state index >= 15 is 0 Å². The Morgan fingerprint density at radius 3 is 2.50 bits per heavy atom. The Labute approximate surface area is 123 Å². The van der Waals surface area contributed by atoms with Crippen molar-refractivity contribution in [2.24, 2.45) is 5.73 Å². The third-order valence-corrected chi connectivity index (χ3v) is 5.14. The van der Waals surface area contributed by atoms with Gasteiger partial charge in [-0.05, 0) is 55.7 Å². The van der Waals surface area contributed by atoms with Crippen LogP contribution in [-0.4, -0.2) is 24.0 Å². The van der Waals surface area contributed by atoms with Crippen LogP contribution in [0.1, 0.15) is 68.5 Å². The molecule has 0 aromatic heterocycles. The Morgan fingerprint density at radius 2 is 1.90 bits per heavy atom. The van der Waals surface area contributed by atoms with E-state index < -0.39 is 0 Å². The van der Waals surface area contributed by atoms with E-state index in [1.807, 2.05) is 0 Å². The van der Waals surface area contributed by atoms with Crippen molar-refractivity contribution in [3.05, 3.63) is 35.4 Å². The summed E-state index contributed by atoms with van der Waals surface area (Å²) in [5.41, 5.74) is 9.06. The standard InChI is InChI=1S/C18H28N2/c1-2-17-5-3-4-12-20(17)18(13-19)16-10-8-15(9-11-16)14-6-7-14/h8-11,14,17-18H,2-7,12-13,19H2,1H3. The van der Waals surface area contributed by atoms with Crippen LogP contribution >= 0.6 is 0 Å². The fourth-order valence-corrected chi connectivity index (χ4v) is 3.74. The summed E-state index contributed by atoms with van der Waals surface area (Å²) in [4.78, 5) is 2.66. The van der Waals surface area contributed by atoms with Gasteiger partial charge in [0.1, 0.15) is 0 Å². The molecule has 2 fully saturated rings. The maximum Gasteiger partial charge on any atom is 0.0473 e. The van der Waals surface area contributed by atoms with E-state index in [1.165, 1.54) is 56.2 Å². The van der Waals surface area contributed by atoms with Gasteiger partial charge >= 0.3 is 0 Å². The minimum absolute atomic E-state index is 0.411. The molecule has 1 saturated heterocycles. The van der Waals surface area contributed by atoms with E-state index in [2.05, 4.69) is 36.1 Å². The molecular formula is C18H28N2. The summed E-state index contributed by atoms with van der Waals surface area (Å²) in [7, 11) is 0. The molecule has 0 amide bonds. The number of benzene rings is 1. The quantitative estimate of drug-likeness (QED) is 0.882. The normalized spacial score (nSPS) is 25.6. The zero-order chi connectivity index (χ0) is 13.9. The fourth-order valence-electron chi connectivity index (χ4n) is 3.74. The lowest BCUT2D eigenvalue weighted by Crippen LogP contribution is -2.44. The van der Waals surface area contributed by atoms with Crippen LogP contribution in [0.3, 0.4) is 0 Å². The van der Waals surface area contributed by atoms with Gasteiger partial charge in [0.2, 0.25) is 0 Å². The molecular weight excluding hydrogens is 244 g/mol. The molecule has 0 radical (unpaired) electrons. The molecule has 20 heavy (non-hydrogen) atoms. The highest BCUT2D eigenvalue weighted by atomic mass is 15.2. The first kappa shape index (κ1) is 14.1. The molecule has 1 saturated carbocycles. The molecule has 2 atom stereocenters. The molecule has 1 aliphatic carbocycles. The number of likely N-dealkylation sites (tertiary alicyclic amines) is 1. The maximum absolute atomic E-state index is 6.12. The van der Waals surface area contributed by atoms with E-state index in [9.17, 15) is 0 Å². The van der Waals surface area contributed by atoms with Crippen LogP contribution in [0.4, 0.5) is 0 Å². The molecule has 1 aromatic rings. The number of hydrogen-bond donors (Lipinski definition) is 1. The number of nitrogens with two attached hydrogens (primary N) is 1.